The number of hydrogen-bond acceptors (Lipinski definition) is 2. The molecule has 106 valence electrons. The van der Waals surface area contributed by atoms with E-state index in [1.807, 2.05) is 0 Å². The predicted octanol–water partition coefficient (Wildman–Crippen LogP) is 3.45. The van der Waals surface area contributed by atoms with Gasteiger partial charge in [-0.15, -0.1) is 0 Å². The van der Waals surface area contributed by atoms with Crippen LogP contribution in [0.25, 0.3) is 0 Å². The maximum absolute atomic E-state index is 5.78. The zero-order valence-electron chi connectivity index (χ0n) is 12.8. The molecule has 0 radical (unpaired) electrons. The average Bonchev–Trinajstić information content (AvgIpc) is 2.25. The summed E-state index contributed by atoms with van der Waals surface area (Å²) >= 11 is 5.13. The second-order valence-corrected chi connectivity index (χ2v) is 7.92. The molecule has 0 spiro atoms. The molecule has 0 atom stereocenters. The molecule has 1 saturated heterocycles. The van der Waals surface area contributed by atoms with Crippen molar-refractivity contribution < 1.29 is 0 Å². The van der Waals surface area contributed by atoms with Crippen LogP contribution in [0.3, 0.4) is 0 Å². The fourth-order valence-electron chi connectivity index (χ4n) is 2.58. The van der Waals surface area contributed by atoms with Gasteiger partial charge in [-0.05, 0) is 50.2 Å². The molecule has 0 amide bonds. The molecule has 0 unspecified atom stereocenters. The van der Waals surface area contributed by atoms with Gasteiger partial charge in [-0.2, -0.15) is 0 Å². The fourth-order valence-corrected chi connectivity index (χ4v) is 2.69. The summed E-state index contributed by atoms with van der Waals surface area (Å²) in [7, 11) is 0. The van der Waals surface area contributed by atoms with Crippen molar-refractivity contribution in [2.75, 3.05) is 19.6 Å². The van der Waals surface area contributed by atoms with Gasteiger partial charge in [0.25, 0.3) is 0 Å². The molecule has 1 aliphatic heterocycles. The quantitative estimate of drug-likeness (QED) is 0.793. The van der Waals surface area contributed by atoms with Crippen LogP contribution in [0, 0.1) is 16.7 Å². The lowest BCUT2D eigenvalue weighted by atomic mass is 9.75. The van der Waals surface area contributed by atoms with Gasteiger partial charge in [-0.1, -0.05) is 46.8 Å². The van der Waals surface area contributed by atoms with Gasteiger partial charge in [0.2, 0.25) is 0 Å². The van der Waals surface area contributed by atoms with Crippen molar-refractivity contribution in [3.63, 3.8) is 0 Å². The lowest BCUT2D eigenvalue weighted by Crippen LogP contribution is -2.41. The summed E-state index contributed by atoms with van der Waals surface area (Å²) < 4.78 is 0. The molecule has 0 aliphatic carbocycles. The Balaban J connectivity index is 2.35. The Bertz CT molecular complexity index is 283. The van der Waals surface area contributed by atoms with E-state index in [9.17, 15) is 0 Å². The third kappa shape index (κ3) is 4.51. The number of piperidine rings is 1. The maximum Gasteiger partial charge on any atom is 0.0784 e. The highest BCUT2D eigenvalue weighted by molar-refractivity contribution is 7.80. The number of rotatable bonds is 4. The van der Waals surface area contributed by atoms with Gasteiger partial charge in [-0.25, -0.2) is 0 Å². The Hall–Kier alpha value is -0.150. The largest absolute Gasteiger partial charge is 0.393 e. The average molecular weight is 270 g/mol. The molecule has 2 N–H and O–H groups in total. The molecular formula is C15H30N2S. The van der Waals surface area contributed by atoms with E-state index in [0.717, 1.165) is 18.9 Å². The van der Waals surface area contributed by atoms with E-state index in [1.165, 1.54) is 25.9 Å². The molecule has 0 saturated carbocycles. The molecule has 3 heteroatoms. The van der Waals surface area contributed by atoms with Crippen molar-refractivity contribution in [3.05, 3.63) is 0 Å². The van der Waals surface area contributed by atoms with Crippen molar-refractivity contribution >= 4 is 17.2 Å². The maximum atomic E-state index is 5.78. The van der Waals surface area contributed by atoms with Crippen LogP contribution < -0.4 is 5.73 Å². The second kappa shape index (κ2) is 5.87. The van der Waals surface area contributed by atoms with Crippen LogP contribution in [0.5, 0.6) is 0 Å². The zero-order valence-corrected chi connectivity index (χ0v) is 13.6. The van der Waals surface area contributed by atoms with E-state index in [1.54, 1.807) is 0 Å². The van der Waals surface area contributed by atoms with E-state index in [4.69, 9.17) is 18.0 Å². The van der Waals surface area contributed by atoms with Crippen molar-refractivity contribution in [3.8, 4) is 0 Å². The van der Waals surface area contributed by atoms with Gasteiger partial charge in [-0.3, -0.25) is 0 Å². The van der Waals surface area contributed by atoms with E-state index in [0.29, 0.717) is 10.4 Å². The number of thiocarbonyl (C=S) groups is 1. The minimum Gasteiger partial charge on any atom is -0.393 e. The van der Waals surface area contributed by atoms with Gasteiger partial charge in [0.1, 0.15) is 0 Å². The number of likely N-dealkylation sites (tertiary alicyclic amines) is 1. The van der Waals surface area contributed by atoms with Crippen molar-refractivity contribution in [1.82, 2.24) is 4.90 Å². The zero-order chi connectivity index (χ0) is 14.0. The highest BCUT2D eigenvalue weighted by Gasteiger charge is 2.29. The number of nitrogens with two attached hydrogens (primary N) is 1. The van der Waals surface area contributed by atoms with Gasteiger partial charge in [0.15, 0.2) is 0 Å². The first-order chi connectivity index (χ1) is 8.13. The van der Waals surface area contributed by atoms with Crippen molar-refractivity contribution in [2.24, 2.45) is 22.5 Å². The van der Waals surface area contributed by atoms with Gasteiger partial charge < -0.3 is 10.6 Å². The third-order valence-corrected chi connectivity index (χ3v) is 5.08. The lowest BCUT2D eigenvalue weighted by Gasteiger charge is -2.39. The van der Waals surface area contributed by atoms with Crippen LogP contribution in [0.1, 0.15) is 53.9 Å². The Morgan fingerprint density at radius 3 is 2.06 bits per heavy atom. The van der Waals surface area contributed by atoms with Gasteiger partial charge in [0.05, 0.1) is 4.99 Å². The molecule has 0 aromatic heterocycles. The standard InChI is InChI=1S/C15H30N2S/c1-14(2,3)12-6-9-17(10-7-12)11-8-15(4,5)13(16)18/h12H,6-11H2,1-5H3,(H2,16,18). The third-order valence-electron chi connectivity index (χ3n) is 4.53. The smallest absolute Gasteiger partial charge is 0.0784 e. The first kappa shape index (κ1) is 15.9. The fraction of sp³-hybridized carbons (Fsp3) is 0.933. The van der Waals surface area contributed by atoms with E-state index < -0.39 is 0 Å². The minimum atomic E-state index is -0.00376. The molecule has 0 aromatic carbocycles. The Kier molecular flexibility index (Phi) is 5.19. The summed E-state index contributed by atoms with van der Waals surface area (Å²) in [6.07, 6.45) is 3.73. The summed E-state index contributed by atoms with van der Waals surface area (Å²) in [6.45, 7) is 15.0. The Labute approximate surface area is 118 Å². The van der Waals surface area contributed by atoms with Crippen LogP contribution in [-0.4, -0.2) is 29.5 Å². The second-order valence-electron chi connectivity index (χ2n) is 7.48. The Morgan fingerprint density at radius 2 is 1.67 bits per heavy atom. The van der Waals surface area contributed by atoms with E-state index in [2.05, 4.69) is 39.5 Å². The lowest BCUT2D eigenvalue weighted by molar-refractivity contribution is 0.107. The minimum absolute atomic E-state index is 0.00376. The Morgan fingerprint density at radius 1 is 1.17 bits per heavy atom. The van der Waals surface area contributed by atoms with Crippen LogP contribution in [-0.2, 0) is 0 Å². The molecule has 1 heterocycles. The summed E-state index contributed by atoms with van der Waals surface area (Å²) in [5, 5.41) is 0. The normalized spacial score (nSPS) is 20.1. The SMILES string of the molecule is CC(C)(CCN1CCC(C(C)(C)C)CC1)C(N)=S. The number of hydrogen-bond donors (Lipinski definition) is 1. The highest BCUT2D eigenvalue weighted by Crippen LogP contribution is 2.34. The van der Waals surface area contributed by atoms with Gasteiger partial charge >= 0.3 is 0 Å². The highest BCUT2D eigenvalue weighted by atomic mass is 32.1. The monoisotopic (exact) mass is 270 g/mol. The molecular weight excluding hydrogens is 240 g/mol. The van der Waals surface area contributed by atoms with Crippen molar-refractivity contribution in [2.45, 2.75) is 53.9 Å². The molecule has 1 fully saturated rings. The molecule has 0 aromatic rings. The molecule has 18 heavy (non-hydrogen) atoms. The van der Waals surface area contributed by atoms with Crippen molar-refractivity contribution in [1.29, 1.82) is 0 Å². The molecule has 2 nitrogen and oxygen atoms in total. The molecule has 0 bridgehead atoms. The number of nitrogens with zero attached hydrogens (tertiary/aromatic N) is 1. The summed E-state index contributed by atoms with van der Waals surface area (Å²) in [6, 6.07) is 0. The van der Waals surface area contributed by atoms with Gasteiger partial charge in [0, 0.05) is 5.41 Å². The summed E-state index contributed by atoms with van der Waals surface area (Å²) in [5.41, 5.74) is 6.24. The van der Waals surface area contributed by atoms with E-state index >= 15 is 0 Å². The topological polar surface area (TPSA) is 29.3 Å². The summed E-state index contributed by atoms with van der Waals surface area (Å²) in [4.78, 5) is 3.22. The van der Waals surface area contributed by atoms with Crippen LogP contribution >= 0.6 is 12.2 Å². The summed E-state index contributed by atoms with van der Waals surface area (Å²) in [5.74, 6) is 0.873. The predicted molar refractivity (Wildman–Crippen MR) is 83.8 cm³/mol. The molecule has 1 rings (SSSR count). The van der Waals surface area contributed by atoms with E-state index in [-0.39, 0.29) is 5.41 Å². The van der Waals surface area contributed by atoms with Crippen LogP contribution in [0.2, 0.25) is 0 Å². The first-order valence-corrected chi connectivity index (χ1v) is 7.56. The first-order valence-electron chi connectivity index (χ1n) is 7.15. The van der Waals surface area contributed by atoms with Crippen LogP contribution in [0.4, 0.5) is 0 Å². The van der Waals surface area contributed by atoms with Crippen LogP contribution in [0.15, 0.2) is 0 Å². The molecule has 1 aliphatic rings.